The van der Waals surface area contributed by atoms with Crippen molar-refractivity contribution < 1.29 is 13.9 Å². The highest BCUT2D eigenvalue weighted by Gasteiger charge is 2.16. The standard InChI is InChI=1S/C23H19BrN2O3/c1-13-7-8-20-19(9-13)26-23(29-20)15-5-4-6-17(11-15)25-22(27)18-12-16(24)10-14(2)21(18)28-3/h4-12H,1-3H3,(H,25,27). The molecule has 0 fully saturated rings. The second-order valence-electron chi connectivity index (χ2n) is 6.83. The Labute approximate surface area is 176 Å². The molecule has 4 rings (SSSR count). The van der Waals surface area contributed by atoms with E-state index in [0.717, 1.165) is 32.3 Å². The number of hydrogen-bond donors (Lipinski definition) is 1. The molecule has 0 bridgehead atoms. The predicted octanol–water partition coefficient (Wildman–Crippen LogP) is 6.14. The van der Waals surface area contributed by atoms with Crippen LogP contribution in [0.5, 0.6) is 5.75 Å². The number of nitrogens with zero attached hydrogens (tertiary/aromatic N) is 1. The van der Waals surface area contributed by atoms with Crippen molar-refractivity contribution in [3.63, 3.8) is 0 Å². The van der Waals surface area contributed by atoms with E-state index >= 15 is 0 Å². The number of benzene rings is 3. The third kappa shape index (κ3) is 3.89. The smallest absolute Gasteiger partial charge is 0.259 e. The van der Waals surface area contributed by atoms with Crippen LogP contribution >= 0.6 is 15.9 Å². The van der Waals surface area contributed by atoms with Gasteiger partial charge in [-0.1, -0.05) is 28.1 Å². The van der Waals surface area contributed by atoms with Gasteiger partial charge in [-0.05, 0) is 67.4 Å². The van der Waals surface area contributed by atoms with E-state index in [0.29, 0.717) is 22.9 Å². The van der Waals surface area contributed by atoms with Crippen LogP contribution < -0.4 is 10.1 Å². The summed E-state index contributed by atoms with van der Waals surface area (Å²) in [6.45, 7) is 3.91. The van der Waals surface area contributed by atoms with Crippen LogP contribution in [0.1, 0.15) is 21.5 Å². The lowest BCUT2D eigenvalue weighted by atomic mass is 10.1. The largest absolute Gasteiger partial charge is 0.496 e. The zero-order valence-corrected chi connectivity index (χ0v) is 17.8. The van der Waals surface area contributed by atoms with E-state index in [2.05, 4.69) is 26.2 Å². The SMILES string of the molecule is COc1c(C)cc(Br)cc1C(=O)Nc1cccc(-c2nc3cc(C)ccc3o2)c1. The fourth-order valence-electron chi connectivity index (χ4n) is 3.26. The van der Waals surface area contributed by atoms with Crippen molar-refractivity contribution in [3.8, 4) is 17.2 Å². The van der Waals surface area contributed by atoms with Crippen LogP contribution in [-0.2, 0) is 0 Å². The lowest BCUT2D eigenvalue weighted by Crippen LogP contribution is -2.14. The Bertz CT molecular complexity index is 1230. The summed E-state index contributed by atoms with van der Waals surface area (Å²) < 4.78 is 12.1. The summed E-state index contributed by atoms with van der Waals surface area (Å²) in [5.41, 5.74) is 5.43. The van der Waals surface area contributed by atoms with E-state index in [4.69, 9.17) is 9.15 Å². The van der Waals surface area contributed by atoms with Gasteiger partial charge in [0.25, 0.3) is 5.91 Å². The first kappa shape index (κ1) is 19.2. The summed E-state index contributed by atoms with van der Waals surface area (Å²) >= 11 is 3.44. The molecule has 3 aromatic carbocycles. The molecule has 0 atom stereocenters. The maximum Gasteiger partial charge on any atom is 0.259 e. The minimum absolute atomic E-state index is 0.253. The van der Waals surface area contributed by atoms with E-state index in [1.54, 1.807) is 13.2 Å². The molecule has 5 nitrogen and oxygen atoms in total. The first-order valence-electron chi connectivity index (χ1n) is 9.08. The van der Waals surface area contributed by atoms with Crippen molar-refractivity contribution in [2.24, 2.45) is 0 Å². The number of fused-ring (bicyclic) bond motifs is 1. The van der Waals surface area contributed by atoms with Crippen LogP contribution in [0.15, 0.2) is 63.5 Å². The number of rotatable bonds is 4. The Morgan fingerprint density at radius 3 is 2.72 bits per heavy atom. The van der Waals surface area contributed by atoms with Crippen LogP contribution in [0, 0.1) is 13.8 Å². The van der Waals surface area contributed by atoms with Gasteiger partial charge in [-0.15, -0.1) is 0 Å². The first-order valence-corrected chi connectivity index (χ1v) is 9.87. The summed E-state index contributed by atoms with van der Waals surface area (Å²) in [6.07, 6.45) is 0. The van der Waals surface area contributed by atoms with Crippen LogP contribution in [0.3, 0.4) is 0 Å². The number of carbonyl (C=O) groups excluding carboxylic acids is 1. The average molecular weight is 451 g/mol. The van der Waals surface area contributed by atoms with Gasteiger partial charge in [0, 0.05) is 15.7 Å². The number of halogens is 1. The number of aromatic nitrogens is 1. The molecule has 4 aromatic rings. The lowest BCUT2D eigenvalue weighted by molar-refractivity contribution is 0.102. The molecule has 1 aromatic heterocycles. The number of carbonyl (C=O) groups is 1. The molecule has 146 valence electrons. The maximum absolute atomic E-state index is 12.9. The third-order valence-corrected chi connectivity index (χ3v) is 5.06. The minimum Gasteiger partial charge on any atom is -0.496 e. The molecule has 6 heteroatoms. The Morgan fingerprint density at radius 1 is 1.10 bits per heavy atom. The number of oxazole rings is 1. The molecule has 0 saturated carbocycles. The van der Waals surface area contributed by atoms with Gasteiger partial charge in [-0.25, -0.2) is 4.98 Å². The van der Waals surface area contributed by atoms with Gasteiger partial charge in [0.1, 0.15) is 11.3 Å². The fraction of sp³-hybridized carbons (Fsp3) is 0.130. The topological polar surface area (TPSA) is 64.4 Å². The Balaban J connectivity index is 1.65. The second kappa shape index (κ2) is 7.72. The molecule has 0 aliphatic rings. The van der Waals surface area contributed by atoms with E-state index in [1.165, 1.54) is 0 Å². The van der Waals surface area contributed by atoms with Gasteiger partial charge >= 0.3 is 0 Å². The molecular weight excluding hydrogens is 432 g/mol. The van der Waals surface area contributed by atoms with Crippen molar-refractivity contribution in [3.05, 3.63) is 75.8 Å². The fourth-order valence-corrected chi connectivity index (χ4v) is 3.83. The van der Waals surface area contributed by atoms with Gasteiger partial charge in [0.15, 0.2) is 5.58 Å². The Hall–Kier alpha value is -3.12. The van der Waals surface area contributed by atoms with E-state index in [1.807, 2.05) is 62.4 Å². The Kier molecular flexibility index (Phi) is 5.11. The van der Waals surface area contributed by atoms with Gasteiger partial charge in [0.05, 0.1) is 12.7 Å². The van der Waals surface area contributed by atoms with Crippen molar-refractivity contribution >= 4 is 38.6 Å². The van der Waals surface area contributed by atoms with Crippen LogP contribution in [0.2, 0.25) is 0 Å². The van der Waals surface area contributed by atoms with E-state index < -0.39 is 0 Å². The van der Waals surface area contributed by atoms with Crippen molar-refractivity contribution in [2.45, 2.75) is 13.8 Å². The number of ether oxygens (including phenoxy) is 1. The number of aryl methyl sites for hydroxylation is 2. The molecule has 0 saturated heterocycles. The highest BCUT2D eigenvalue weighted by atomic mass is 79.9. The summed E-state index contributed by atoms with van der Waals surface area (Å²) in [5.74, 6) is 0.811. The van der Waals surface area contributed by atoms with E-state index in [9.17, 15) is 4.79 Å². The molecular formula is C23H19BrN2O3. The zero-order valence-electron chi connectivity index (χ0n) is 16.2. The van der Waals surface area contributed by atoms with Crippen molar-refractivity contribution in [2.75, 3.05) is 12.4 Å². The van der Waals surface area contributed by atoms with Crippen LogP contribution in [0.25, 0.3) is 22.6 Å². The van der Waals surface area contributed by atoms with E-state index in [-0.39, 0.29) is 5.91 Å². The second-order valence-corrected chi connectivity index (χ2v) is 7.74. The lowest BCUT2D eigenvalue weighted by Gasteiger charge is -2.13. The first-order chi connectivity index (χ1) is 13.9. The molecule has 0 aliphatic heterocycles. The molecule has 0 radical (unpaired) electrons. The molecule has 1 N–H and O–H groups in total. The number of amides is 1. The highest BCUT2D eigenvalue weighted by molar-refractivity contribution is 9.10. The summed E-state index contributed by atoms with van der Waals surface area (Å²) in [5, 5.41) is 2.93. The number of methoxy groups -OCH3 is 1. The number of anilines is 1. The molecule has 0 spiro atoms. The van der Waals surface area contributed by atoms with Gasteiger partial charge in [-0.3, -0.25) is 4.79 Å². The molecule has 0 unspecified atom stereocenters. The zero-order chi connectivity index (χ0) is 20.5. The summed E-state index contributed by atoms with van der Waals surface area (Å²) in [6, 6.07) is 17.0. The molecule has 1 heterocycles. The molecule has 29 heavy (non-hydrogen) atoms. The number of hydrogen-bond acceptors (Lipinski definition) is 4. The van der Waals surface area contributed by atoms with Gasteiger partial charge in [-0.2, -0.15) is 0 Å². The molecule has 0 aliphatic carbocycles. The van der Waals surface area contributed by atoms with Crippen molar-refractivity contribution in [1.82, 2.24) is 4.98 Å². The average Bonchev–Trinajstić information content (AvgIpc) is 3.11. The van der Waals surface area contributed by atoms with Gasteiger partial charge < -0.3 is 14.5 Å². The predicted molar refractivity (Wildman–Crippen MR) is 118 cm³/mol. The maximum atomic E-state index is 12.9. The van der Waals surface area contributed by atoms with Crippen LogP contribution in [-0.4, -0.2) is 18.0 Å². The number of nitrogens with one attached hydrogen (secondary N) is 1. The molecule has 1 amide bonds. The summed E-state index contributed by atoms with van der Waals surface area (Å²) in [4.78, 5) is 17.4. The Morgan fingerprint density at radius 2 is 1.93 bits per heavy atom. The van der Waals surface area contributed by atoms with Crippen molar-refractivity contribution in [1.29, 1.82) is 0 Å². The van der Waals surface area contributed by atoms with Gasteiger partial charge in [0.2, 0.25) is 5.89 Å². The quantitative estimate of drug-likeness (QED) is 0.405. The third-order valence-electron chi connectivity index (χ3n) is 4.60. The monoisotopic (exact) mass is 450 g/mol. The normalized spacial score (nSPS) is 10.9. The van der Waals surface area contributed by atoms with Crippen LogP contribution in [0.4, 0.5) is 5.69 Å². The highest BCUT2D eigenvalue weighted by Crippen LogP contribution is 2.30. The minimum atomic E-state index is -0.253. The summed E-state index contributed by atoms with van der Waals surface area (Å²) in [7, 11) is 1.56.